The number of hydrogen-bond donors (Lipinski definition) is 3. The van der Waals surface area contributed by atoms with Crippen LogP contribution in [0.3, 0.4) is 0 Å². The standard InChI is InChI=1S/C27H49N3O5/c1-7-8-9-13-29-27(32)30(4)19-24(31)23(28)18-22(20(2)3)16-21-11-12-25(34-6)26(17-21)35-15-10-14-33-5/h11-12,17,20,22-24,31H,7-10,13-16,18-19,28H2,1-6H3,(H,29,32)/t22-,23-,24-/m0/s1. The molecule has 1 rings (SSSR count). The zero-order chi connectivity index (χ0) is 26.2. The number of likely N-dealkylation sites (N-methyl/N-ethyl adjacent to an activating group) is 1. The monoisotopic (exact) mass is 495 g/mol. The minimum absolute atomic E-state index is 0.177. The Labute approximate surface area is 212 Å². The van der Waals surface area contributed by atoms with Gasteiger partial charge in [-0.15, -0.1) is 0 Å². The van der Waals surface area contributed by atoms with Crippen LogP contribution in [0.25, 0.3) is 0 Å². The number of rotatable bonds is 18. The number of ether oxygens (including phenoxy) is 3. The predicted molar refractivity (Wildman–Crippen MR) is 141 cm³/mol. The number of aliphatic hydroxyl groups is 1. The van der Waals surface area contributed by atoms with Crippen molar-refractivity contribution < 1.29 is 24.1 Å². The van der Waals surface area contributed by atoms with Gasteiger partial charge in [-0.1, -0.05) is 39.7 Å². The fraction of sp³-hybridized carbons (Fsp3) is 0.741. The van der Waals surface area contributed by atoms with Crippen LogP contribution in [0.2, 0.25) is 0 Å². The Morgan fingerprint density at radius 2 is 1.89 bits per heavy atom. The van der Waals surface area contributed by atoms with Gasteiger partial charge in [-0.05, 0) is 48.8 Å². The topological polar surface area (TPSA) is 106 Å². The molecule has 0 saturated carbocycles. The van der Waals surface area contributed by atoms with Gasteiger partial charge in [0.25, 0.3) is 0 Å². The smallest absolute Gasteiger partial charge is 0.317 e. The van der Waals surface area contributed by atoms with Crippen molar-refractivity contribution in [3.05, 3.63) is 23.8 Å². The van der Waals surface area contributed by atoms with E-state index in [0.29, 0.717) is 37.8 Å². The third kappa shape index (κ3) is 12.0. The van der Waals surface area contributed by atoms with Crippen molar-refractivity contribution in [3.63, 3.8) is 0 Å². The summed E-state index contributed by atoms with van der Waals surface area (Å²) in [6.07, 6.45) is 4.62. The number of carbonyl (C=O) groups excluding carboxylic acids is 1. The molecule has 0 bridgehead atoms. The summed E-state index contributed by atoms with van der Waals surface area (Å²) in [5, 5.41) is 13.6. The Morgan fingerprint density at radius 1 is 1.14 bits per heavy atom. The maximum Gasteiger partial charge on any atom is 0.317 e. The second kappa shape index (κ2) is 17.4. The molecule has 0 unspecified atom stereocenters. The van der Waals surface area contributed by atoms with E-state index in [4.69, 9.17) is 19.9 Å². The lowest BCUT2D eigenvalue weighted by molar-refractivity contribution is 0.0963. The van der Waals surface area contributed by atoms with E-state index in [1.165, 1.54) is 4.90 Å². The van der Waals surface area contributed by atoms with Crippen LogP contribution in [0.4, 0.5) is 4.79 Å². The molecular formula is C27H49N3O5. The van der Waals surface area contributed by atoms with E-state index in [0.717, 1.165) is 43.4 Å². The summed E-state index contributed by atoms with van der Waals surface area (Å²) in [6, 6.07) is 5.40. The number of amides is 2. The normalized spacial score (nSPS) is 13.9. The molecule has 0 aliphatic heterocycles. The zero-order valence-corrected chi connectivity index (χ0v) is 22.7. The van der Waals surface area contributed by atoms with Gasteiger partial charge in [0, 0.05) is 46.3 Å². The van der Waals surface area contributed by atoms with Crippen molar-refractivity contribution in [2.24, 2.45) is 17.6 Å². The molecular weight excluding hydrogens is 446 g/mol. The maximum atomic E-state index is 12.3. The van der Waals surface area contributed by atoms with Crippen LogP contribution in [0.15, 0.2) is 18.2 Å². The molecule has 0 saturated heterocycles. The highest BCUT2D eigenvalue weighted by Gasteiger charge is 2.25. The number of methoxy groups -OCH3 is 2. The van der Waals surface area contributed by atoms with E-state index < -0.39 is 12.1 Å². The number of hydrogen-bond acceptors (Lipinski definition) is 6. The summed E-state index contributed by atoms with van der Waals surface area (Å²) < 4.78 is 16.5. The van der Waals surface area contributed by atoms with Crippen molar-refractivity contribution >= 4 is 6.03 Å². The van der Waals surface area contributed by atoms with Crippen LogP contribution in [-0.2, 0) is 11.2 Å². The zero-order valence-electron chi connectivity index (χ0n) is 22.7. The highest BCUT2D eigenvalue weighted by Crippen LogP contribution is 2.31. The van der Waals surface area contributed by atoms with Crippen molar-refractivity contribution in [2.45, 2.75) is 71.4 Å². The van der Waals surface area contributed by atoms with Crippen LogP contribution in [0, 0.1) is 11.8 Å². The van der Waals surface area contributed by atoms with Gasteiger partial charge in [-0.3, -0.25) is 0 Å². The summed E-state index contributed by atoms with van der Waals surface area (Å²) >= 11 is 0. The maximum absolute atomic E-state index is 12.3. The number of nitrogens with two attached hydrogens (primary N) is 1. The van der Waals surface area contributed by atoms with E-state index in [1.807, 2.05) is 12.1 Å². The molecule has 0 spiro atoms. The fourth-order valence-electron chi connectivity index (χ4n) is 3.95. The molecule has 3 atom stereocenters. The second-order valence-corrected chi connectivity index (χ2v) is 9.67. The van der Waals surface area contributed by atoms with Crippen LogP contribution in [0.5, 0.6) is 11.5 Å². The van der Waals surface area contributed by atoms with E-state index in [9.17, 15) is 9.90 Å². The first kappa shape index (κ1) is 31.0. The average molecular weight is 496 g/mol. The van der Waals surface area contributed by atoms with Crippen LogP contribution >= 0.6 is 0 Å². The third-order valence-corrected chi connectivity index (χ3v) is 6.35. The van der Waals surface area contributed by atoms with E-state index in [2.05, 4.69) is 32.2 Å². The molecule has 0 heterocycles. The fourth-order valence-corrected chi connectivity index (χ4v) is 3.95. The minimum Gasteiger partial charge on any atom is -0.493 e. The Morgan fingerprint density at radius 3 is 2.51 bits per heavy atom. The number of benzene rings is 1. The van der Waals surface area contributed by atoms with Gasteiger partial charge >= 0.3 is 6.03 Å². The van der Waals surface area contributed by atoms with Gasteiger partial charge in [-0.2, -0.15) is 0 Å². The summed E-state index contributed by atoms with van der Waals surface area (Å²) in [5.74, 6) is 2.07. The van der Waals surface area contributed by atoms with Gasteiger partial charge < -0.3 is 35.3 Å². The predicted octanol–water partition coefficient (Wildman–Crippen LogP) is 3.84. The molecule has 35 heavy (non-hydrogen) atoms. The molecule has 8 heteroatoms. The number of carbonyl (C=O) groups is 1. The Hall–Kier alpha value is -2.03. The Bertz CT molecular complexity index is 716. The molecule has 0 fully saturated rings. The SMILES string of the molecule is CCCCCNC(=O)N(C)C[C@H](O)[C@@H](N)C[C@H](Cc1ccc(OC)c(OCCCOC)c1)C(C)C. The van der Waals surface area contributed by atoms with Crippen molar-refractivity contribution in [2.75, 3.05) is 47.6 Å². The molecule has 0 aliphatic carbocycles. The minimum atomic E-state index is -0.793. The average Bonchev–Trinajstić information content (AvgIpc) is 2.83. The van der Waals surface area contributed by atoms with Crippen LogP contribution in [0.1, 0.15) is 58.4 Å². The number of urea groups is 1. The summed E-state index contributed by atoms with van der Waals surface area (Å²) in [6.45, 7) is 8.52. The molecule has 202 valence electrons. The van der Waals surface area contributed by atoms with Gasteiger partial charge in [0.15, 0.2) is 11.5 Å². The van der Waals surface area contributed by atoms with Crippen molar-refractivity contribution in [1.82, 2.24) is 10.2 Å². The quantitative estimate of drug-likeness (QED) is 0.267. The van der Waals surface area contributed by atoms with Gasteiger partial charge in [0.05, 0.1) is 19.8 Å². The summed E-state index contributed by atoms with van der Waals surface area (Å²) in [5.41, 5.74) is 7.54. The first-order chi connectivity index (χ1) is 16.7. The molecule has 1 aromatic carbocycles. The lowest BCUT2D eigenvalue weighted by atomic mass is 9.83. The number of nitrogens with zero attached hydrogens (tertiary/aromatic N) is 1. The largest absolute Gasteiger partial charge is 0.493 e. The summed E-state index contributed by atoms with van der Waals surface area (Å²) in [4.78, 5) is 13.8. The number of nitrogens with one attached hydrogen (secondary N) is 1. The lowest BCUT2D eigenvalue weighted by Gasteiger charge is -2.29. The molecule has 8 nitrogen and oxygen atoms in total. The van der Waals surface area contributed by atoms with Gasteiger partial charge in [-0.25, -0.2) is 4.79 Å². The highest BCUT2D eigenvalue weighted by atomic mass is 16.5. The Kier molecular flexibility index (Phi) is 15.4. The molecule has 0 radical (unpaired) electrons. The summed E-state index contributed by atoms with van der Waals surface area (Å²) in [7, 11) is 5.00. The van der Waals surface area contributed by atoms with Gasteiger partial charge in [0.2, 0.25) is 0 Å². The molecule has 0 aliphatic rings. The molecule has 2 amide bonds. The lowest BCUT2D eigenvalue weighted by Crippen LogP contribution is -2.48. The molecule has 4 N–H and O–H groups in total. The first-order valence-electron chi connectivity index (χ1n) is 12.9. The van der Waals surface area contributed by atoms with E-state index >= 15 is 0 Å². The van der Waals surface area contributed by atoms with Crippen molar-refractivity contribution in [1.29, 1.82) is 0 Å². The molecule has 0 aromatic heterocycles. The number of aliphatic hydroxyl groups excluding tert-OH is 1. The van der Waals surface area contributed by atoms with E-state index in [-0.39, 0.29) is 18.5 Å². The Balaban J connectivity index is 2.70. The third-order valence-electron chi connectivity index (χ3n) is 6.35. The first-order valence-corrected chi connectivity index (χ1v) is 12.9. The van der Waals surface area contributed by atoms with Crippen molar-refractivity contribution in [3.8, 4) is 11.5 Å². The van der Waals surface area contributed by atoms with Crippen LogP contribution < -0.4 is 20.5 Å². The number of unbranched alkanes of at least 4 members (excludes halogenated alkanes) is 2. The molecule has 1 aromatic rings. The highest BCUT2D eigenvalue weighted by molar-refractivity contribution is 5.73. The van der Waals surface area contributed by atoms with Gasteiger partial charge in [0.1, 0.15) is 0 Å². The second-order valence-electron chi connectivity index (χ2n) is 9.67. The van der Waals surface area contributed by atoms with Crippen LogP contribution in [-0.4, -0.2) is 75.8 Å². The van der Waals surface area contributed by atoms with E-state index in [1.54, 1.807) is 21.3 Å².